The number of hydrogen-bond acceptors (Lipinski definition) is 4. The summed E-state index contributed by atoms with van der Waals surface area (Å²) in [7, 11) is 3.99. The van der Waals surface area contributed by atoms with Crippen LogP contribution in [0.25, 0.3) is 0 Å². The van der Waals surface area contributed by atoms with E-state index in [1.807, 2.05) is 37.2 Å². The van der Waals surface area contributed by atoms with Gasteiger partial charge >= 0.3 is 5.97 Å². The molecule has 0 saturated carbocycles. The van der Waals surface area contributed by atoms with Gasteiger partial charge in [0.1, 0.15) is 6.10 Å². The number of carbonyl (C=O) groups is 2. The molecule has 26 heavy (non-hydrogen) atoms. The van der Waals surface area contributed by atoms with Crippen LogP contribution in [0.4, 0.5) is 0 Å². The molecule has 1 spiro atoms. The maximum Gasteiger partial charge on any atom is 0.312 e. The van der Waals surface area contributed by atoms with Crippen molar-refractivity contribution in [2.75, 3.05) is 33.7 Å². The van der Waals surface area contributed by atoms with E-state index in [-0.39, 0.29) is 23.4 Å². The van der Waals surface area contributed by atoms with Gasteiger partial charge in [0, 0.05) is 32.5 Å². The van der Waals surface area contributed by atoms with Crippen LogP contribution in [0.2, 0.25) is 0 Å². The highest BCUT2D eigenvalue weighted by atomic mass is 16.6. The zero-order chi connectivity index (χ0) is 18.6. The minimum atomic E-state index is -0.360. The maximum absolute atomic E-state index is 12.5. The van der Waals surface area contributed by atoms with Crippen LogP contribution in [0.3, 0.4) is 0 Å². The summed E-state index contributed by atoms with van der Waals surface area (Å²) in [5.41, 5.74) is 0.917. The number of likely N-dealkylation sites (tertiary alicyclic amines) is 1. The van der Waals surface area contributed by atoms with Crippen molar-refractivity contribution in [1.82, 2.24) is 9.80 Å². The standard InChI is InChI=1S/C21H30N2O3/c1-22(2)16-18-15-21(20(25)26-18)11-13-23(14-12-21)19(24)10-6-9-17-7-4-3-5-8-17/h3-5,7-8,18H,6,9-16H2,1-2H3. The normalized spacial score (nSPS) is 22.0. The summed E-state index contributed by atoms with van der Waals surface area (Å²) in [6, 6.07) is 10.3. The van der Waals surface area contributed by atoms with Crippen LogP contribution >= 0.6 is 0 Å². The van der Waals surface area contributed by atoms with E-state index < -0.39 is 0 Å². The predicted molar refractivity (Wildman–Crippen MR) is 101 cm³/mol. The van der Waals surface area contributed by atoms with Crippen LogP contribution < -0.4 is 0 Å². The Morgan fingerprint density at radius 1 is 1.23 bits per heavy atom. The van der Waals surface area contributed by atoms with Crippen molar-refractivity contribution in [2.45, 2.75) is 44.6 Å². The fourth-order valence-electron chi connectivity index (χ4n) is 4.19. The SMILES string of the molecule is CN(C)CC1CC2(CCN(C(=O)CCCc3ccccc3)CC2)C(=O)O1. The molecule has 2 aliphatic rings. The van der Waals surface area contributed by atoms with Gasteiger partial charge in [0.15, 0.2) is 0 Å². The molecule has 0 aromatic heterocycles. The van der Waals surface area contributed by atoms with Crippen molar-refractivity contribution in [3.05, 3.63) is 35.9 Å². The average molecular weight is 358 g/mol. The Hall–Kier alpha value is -1.88. The van der Waals surface area contributed by atoms with Gasteiger partial charge in [-0.2, -0.15) is 0 Å². The van der Waals surface area contributed by atoms with Gasteiger partial charge in [-0.25, -0.2) is 0 Å². The summed E-state index contributed by atoms with van der Waals surface area (Å²) in [5, 5.41) is 0. The van der Waals surface area contributed by atoms with Crippen molar-refractivity contribution < 1.29 is 14.3 Å². The van der Waals surface area contributed by atoms with Crippen LogP contribution in [0.1, 0.15) is 37.7 Å². The molecule has 0 N–H and O–H groups in total. The first-order valence-corrected chi connectivity index (χ1v) is 9.66. The number of nitrogens with zero attached hydrogens (tertiary/aromatic N) is 2. The van der Waals surface area contributed by atoms with Crippen LogP contribution in [0, 0.1) is 5.41 Å². The summed E-state index contributed by atoms with van der Waals surface area (Å²) in [6.45, 7) is 2.12. The third-order valence-electron chi connectivity index (χ3n) is 5.67. The van der Waals surface area contributed by atoms with E-state index in [4.69, 9.17) is 4.74 Å². The zero-order valence-electron chi connectivity index (χ0n) is 15.9. The minimum absolute atomic E-state index is 0.00868. The second-order valence-electron chi connectivity index (χ2n) is 7.99. The number of ether oxygens (including phenoxy) is 1. The number of likely N-dealkylation sites (N-methyl/N-ethyl adjacent to an activating group) is 1. The van der Waals surface area contributed by atoms with Gasteiger partial charge in [-0.3, -0.25) is 9.59 Å². The molecular weight excluding hydrogens is 328 g/mol. The van der Waals surface area contributed by atoms with Crippen molar-refractivity contribution in [3.8, 4) is 0 Å². The molecule has 1 aromatic carbocycles. The molecule has 142 valence electrons. The number of cyclic esters (lactones) is 1. The quantitative estimate of drug-likeness (QED) is 0.733. The predicted octanol–water partition coefficient (Wildman–Crippen LogP) is 2.50. The Labute approximate surface area is 156 Å². The molecule has 1 unspecified atom stereocenters. The number of benzene rings is 1. The third kappa shape index (κ3) is 4.44. The molecule has 1 amide bonds. The number of rotatable bonds is 6. The largest absolute Gasteiger partial charge is 0.461 e. The summed E-state index contributed by atoms with van der Waals surface area (Å²) >= 11 is 0. The van der Waals surface area contributed by atoms with Crippen LogP contribution in [-0.2, 0) is 20.7 Å². The minimum Gasteiger partial charge on any atom is -0.461 e. The second-order valence-corrected chi connectivity index (χ2v) is 7.99. The molecule has 1 atom stereocenters. The van der Waals surface area contributed by atoms with Crippen LogP contribution in [0.15, 0.2) is 30.3 Å². The summed E-state index contributed by atoms with van der Waals surface area (Å²) < 4.78 is 5.59. The number of amides is 1. The number of piperidine rings is 1. The lowest BCUT2D eigenvalue weighted by molar-refractivity contribution is -0.152. The summed E-state index contributed by atoms with van der Waals surface area (Å²) in [5.74, 6) is 0.160. The third-order valence-corrected chi connectivity index (χ3v) is 5.67. The number of esters is 1. The van der Waals surface area contributed by atoms with Gasteiger partial charge in [-0.1, -0.05) is 30.3 Å². The molecule has 0 radical (unpaired) electrons. The van der Waals surface area contributed by atoms with E-state index in [0.29, 0.717) is 19.5 Å². The first-order chi connectivity index (χ1) is 12.5. The summed E-state index contributed by atoms with van der Waals surface area (Å²) in [6.07, 6.45) is 4.64. The molecule has 3 rings (SSSR count). The Morgan fingerprint density at radius 3 is 2.58 bits per heavy atom. The fourth-order valence-corrected chi connectivity index (χ4v) is 4.19. The lowest BCUT2D eigenvalue weighted by Crippen LogP contribution is -2.45. The van der Waals surface area contributed by atoms with Gasteiger partial charge in [0.25, 0.3) is 0 Å². The molecule has 5 heteroatoms. The molecule has 0 aliphatic carbocycles. The van der Waals surface area contributed by atoms with E-state index in [0.717, 1.165) is 38.6 Å². The Balaban J connectivity index is 1.44. The van der Waals surface area contributed by atoms with Crippen molar-refractivity contribution in [2.24, 2.45) is 5.41 Å². The van der Waals surface area contributed by atoms with Crippen molar-refractivity contribution in [1.29, 1.82) is 0 Å². The monoisotopic (exact) mass is 358 g/mol. The van der Waals surface area contributed by atoms with Crippen LogP contribution in [0.5, 0.6) is 0 Å². The van der Waals surface area contributed by atoms with Gasteiger partial charge in [-0.05, 0) is 45.3 Å². The zero-order valence-corrected chi connectivity index (χ0v) is 15.9. The molecule has 1 aromatic rings. The highest BCUT2D eigenvalue weighted by Crippen LogP contribution is 2.43. The number of hydrogen-bond donors (Lipinski definition) is 0. The maximum atomic E-state index is 12.5. The van der Waals surface area contributed by atoms with Crippen LogP contribution in [-0.4, -0.2) is 61.5 Å². The van der Waals surface area contributed by atoms with Gasteiger partial charge in [-0.15, -0.1) is 0 Å². The topological polar surface area (TPSA) is 49.9 Å². The Kier molecular flexibility index (Phi) is 5.97. The lowest BCUT2D eigenvalue weighted by Gasteiger charge is -2.36. The van der Waals surface area contributed by atoms with Gasteiger partial charge in [0.2, 0.25) is 5.91 Å². The molecule has 0 bridgehead atoms. The first-order valence-electron chi connectivity index (χ1n) is 9.66. The number of carbonyl (C=O) groups excluding carboxylic acids is 2. The fraction of sp³-hybridized carbons (Fsp3) is 0.619. The van der Waals surface area contributed by atoms with Crippen molar-refractivity contribution >= 4 is 11.9 Å². The average Bonchev–Trinajstić information content (AvgIpc) is 2.90. The Morgan fingerprint density at radius 2 is 1.92 bits per heavy atom. The molecule has 2 saturated heterocycles. The van der Waals surface area contributed by atoms with E-state index in [1.54, 1.807) is 0 Å². The molecule has 2 fully saturated rings. The first kappa shape index (κ1) is 18.9. The molecular formula is C21H30N2O3. The van der Waals surface area contributed by atoms with E-state index in [9.17, 15) is 9.59 Å². The van der Waals surface area contributed by atoms with E-state index >= 15 is 0 Å². The number of aryl methyl sites for hydroxylation is 1. The molecule has 5 nitrogen and oxygen atoms in total. The van der Waals surface area contributed by atoms with E-state index in [2.05, 4.69) is 17.0 Å². The summed E-state index contributed by atoms with van der Waals surface area (Å²) in [4.78, 5) is 28.9. The highest BCUT2D eigenvalue weighted by Gasteiger charge is 2.50. The molecule has 2 aliphatic heterocycles. The van der Waals surface area contributed by atoms with Crippen molar-refractivity contribution in [3.63, 3.8) is 0 Å². The van der Waals surface area contributed by atoms with Gasteiger partial charge < -0.3 is 14.5 Å². The second kappa shape index (κ2) is 8.21. The smallest absolute Gasteiger partial charge is 0.312 e. The molecule has 2 heterocycles. The lowest BCUT2D eigenvalue weighted by atomic mass is 9.76. The highest BCUT2D eigenvalue weighted by molar-refractivity contribution is 5.80. The van der Waals surface area contributed by atoms with Gasteiger partial charge in [0.05, 0.1) is 5.41 Å². The van der Waals surface area contributed by atoms with E-state index in [1.165, 1.54) is 5.56 Å². The Bertz CT molecular complexity index is 621.